The van der Waals surface area contributed by atoms with E-state index in [0.29, 0.717) is 17.9 Å². The fourth-order valence-electron chi connectivity index (χ4n) is 4.94. The lowest BCUT2D eigenvalue weighted by atomic mass is 9.78. The van der Waals surface area contributed by atoms with Gasteiger partial charge in [-0.25, -0.2) is 0 Å². The predicted molar refractivity (Wildman–Crippen MR) is 108 cm³/mol. The van der Waals surface area contributed by atoms with Crippen molar-refractivity contribution < 1.29 is 4.79 Å². The van der Waals surface area contributed by atoms with Crippen molar-refractivity contribution >= 4 is 18.3 Å². The van der Waals surface area contributed by atoms with Gasteiger partial charge in [0.2, 0.25) is 5.91 Å². The van der Waals surface area contributed by atoms with Crippen LogP contribution in [0.2, 0.25) is 0 Å². The molecular weight excluding hydrogens is 346 g/mol. The second-order valence-electron chi connectivity index (χ2n) is 7.97. The van der Waals surface area contributed by atoms with E-state index in [1.165, 1.54) is 5.56 Å². The molecule has 1 amide bonds. The van der Waals surface area contributed by atoms with Crippen LogP contribution in [0.5, 0.6) is 0 Å². The zero-order valence-electron chi connectivity index (χ0n) is 15.6. The molecule has 0 spiro atoms. The molecule has 2 saturated heterocycles. The third kappa shape index (κ3) is 4.41. The first-order valence-corrected chi connectivity index (χ1v) is 10.1. The third-order valence-electron chi connectivity index (χ3n) is 6.49. The minimum absolute atomic E-state index is 0. The SMILES string of the molecule is Cl.O=C(C1CCC(c2ccccc2)CC1)N1CCC(N2CCNCC2)C1. The zero-order valence-corrected chi connectivity index (χ0v) is 16.4. The number of carbonyl (C=O) groups excluding carboxylic acids is 1. The molecule has 3 fully saturated rings. The third-order valence-corrected chi connectivity index (χ3v) is 6.49. The van der Waals surface area contributed by atoms with Crippen LogP contribution >= 0.6 is 12.4 Å². The number of likely N-dealkylation sites (tertiary alicyclic amines) is 1. The van der Waals surface area contributed by atoms with Crippen molar-refractivity contribution in [3.05, 3.63) is 35.9 Å². The molecule has 3 aliphatic rings. The van der Waals surface area contributed by atoms with E-state index in [9.17, 15) is 4.79 Å². The molecule has 1 atom stereocenters. The Bertz CT molecular complexity index is 568. The Hall–Kier alpha value is -1.10. The summed E-state index contributed by atoms with van der Waals surface area (Å²) in [7, 11) is 0. The summed E-state index contributed by atoms with van der Waals surface area (Å²) in [6.45, 7) is 6.37. The normalized spacial score (nSPS) is 30.0. The second kappa shape index (κ2) is 9.20. The lowest BCUT2D eigenvalue weighted by Crippen LogP contribution is -2.49. The lowest BCUT2D eigenvalue weighted by Gasteiger charge is -2.33. The topological polar surface area (TPSA) is 35.6 Å². The summed E-state index contributed by atoms with van der Waals surface area (Å²) in [6, 6.07) is 11.4. The highest BCUT2D eigenvalue weighted by Gasteiger charge is 2.35. The van der Waals surface area contributed by atoms with Crippen molar-refractivity contribution in [2.75, 3.05) is 39.3 Å². The summed E-state index contributed by atoms with van der Waals surface area (Å²) in [5.41, 5.74) is 1.45. The van der Waals surface area contributed by atoms with Crippen LogP contribution < -0.4 is 5.32 Å². The van der Waals surface area contributed by atoms with Crippen molar-refractivity contribution in [3.8, 4) is 0 Å². The number of hydrogen-bond acceptors (Lipinski definition) is 3. The van der Waals surface area contributed by atoms with Gasteiger partial charge in [0.15, 0.2) is 0 Å². The van der Waals surface area contributed by atoms with Gasteiger partial charge in [-0.2, -0.15) is 0 Å². The van der Waals surface area contributed by atoms with Crippen LogP contribution in [0, 0.1) is 5.92 Å². The second-order valence-corrected chi connectivity index (χ2v) is 7.97. The summed E-state index contributed by atoms with van der Waals surface area (Å²) in [5, 5.41) is 3.42. The molecule has 1 aromatic carbocycles. The van der Waals surface area contributed by atoms with Gasteiger partial charge in [-0.3, -0.25) is 9.69 Å². The summed E-state index contributed by atoms with van der Waals surface area (Å²) in [6.07, 6.45) is 5.61. The van der Waals surface area contributed by atoms with Crippen molar-refractivity contribution in [2.24, 2.45) is 5.92 Å². The standard InChI is InChI=1S/C21H31N3O.ClH/c25-21(24-13-10-20(16-24)23-14-11-22-12-15-23)19-8-6-18(7-9-19)17-4-2-1-3-5-17;/h1-5,18-20,22H,6-16H2;1H. The Kier molecular flexibility index (Phi) is 6.96. The fraction of sp³-hybridized carbons (Fsp3) is 0.667. The number of benzene rings is 1. The quantitative estimate of drug-likeness (QED) is 0.879. The van der Waals surface area contributed by atoms with Crippen molar-refractivity contribution in [2.45, 2.75) is 44.1 Å². The van der Waals surface area contributed by atoms with Gasteiger partial charge in [0.1, 0.15) is 0 Å². The Labute approximate surface area is 163 Å². The molecule has 2 heterocycles. The minimum atomic E-state index is 0. The summed E-state index contributed by atoms with van der Waals surface area (Å²) in [5.74, 6) is 1.35. The molecule has 26 heavy (non-hydrogen) atoms. The van der Waals surface area contributed by atoms with E-state index < -0.39 is 0 Å². The number of hydrogen-bond donors (Lipinski definition) is 1. The molecular formula is C21H32ClN3O. The molecule has 144 valence electrons. The van der Waals surface area contributed by atoms with Crippen LogP contribution in [0.15, 0.2) is 30.3 Å². The molecule has 1 aromatic rings. The molecule has 1 saturated carbocycles. The number of halogens is 1. The Morgan fingerprint density at radius 1 is 0.923 bits per heavy atom. The molecule has 2 aliphatic heterocycles. The molecule has 0 radical (unpaired) electrons. The van der Waals surface area contributed by atoms with Gasteiger partial charge in [0.05, 0.1) is 0 Å². The number of rotatable bonds is 3. The number of nitrogens with one attached hydrogen (secondary N) is 1. The number of carbonyl (C=O) groups is 1. The molecule has 1 aliphatic carbocycles. The fourth-order valence-corrected chi connectivity index (χ4v) is 4.94. The molecule has 4 nitrogen and oxygen atoms in total. The summed E-state index contributed by atoms with van der Waals surface area (Å²) >= 11 is 0. The molecule has 1 N–H and O–H groups in total. The van der Waals surface area contributed by atoms with Gasteiger partial charge in [0.25, 0.3) is 0 Å². The van der Waals surface area contributed by atoms with Gasteiger partial charge >= 0.3 is 0 Å². The monoisotopic (exact) mass is 377 g/mol. The Morgan fingerprint density at radius 3 is 2.31 bits per heavy atom. The highest BCUT2D eigenvalue weighted by atomic mass is 35.5. The number of nitrogens with zero attached hydrogens (tertiary/aromatic N) is 2. The molecule has 0 bridgehead atoms. The van der Waals surface area contributed by atoms with Gasteiger partial charge in [-0.05, 0) is 43.6 Å². The maximum Gasteiger partial charge on any atom is 0.225 e. The first-order valence-electron chi connectivity index (χ1n) is 10.1. The maximum atomic E-state index is 13.0. The maximum absolute atomic E-state index is 13.0. The average Bonchev–Trinajstić information content (AvgIpc) is 3.19. The highest BCUT2D eigenvalue weighted by molar-refractivity contribution is 5.85. The summed E-state index contributed by atoms with van der Waals surface area (Å²) in [4.78, 5) is 17.7. The van der Waals surface area contributed by atoms with E-state index in [4.69, 9.17) is 0 Å². The van der Waals surface area contributed by atoms with Crippen LogP contribution in [-0.4, -0.2) is 61.0 Å². The highest BCUT2D eigenvalue weighted by Crippen LogP contribution is 2.36. The van der Waals surface area contributed by atoms with Gasteiger partial charge in [-0.1, -0.05) is 30.3 Å². The van der Waals surface area contributed by atoms with E-state index in [0.717, 1.165) is 71.4 Å². The van der Waals surface area contributed by atoms with Gasteiger partial charge in [0, 0.05) is 51.2 Å². The van der Waals surface area contributed by atoms with Crippen LogP contribution in [-0.2, 0) is 4.79 Å². The molecule has 5 heteroatoms. The minimum Gasteiger partial charge on any atom is -0.341 e. The lowest BCUT2D eigenvalue weighted by molar-refractivity contribution is -0.135. The van der Waals surface area contributed by atoms with Crippen LogP contribution in [0.25, 0.3) is 0 Å². The van der Waals surface area contributed by atoms with Gasteiger partial charge in [-0.15, -0.1) is 12.4 Å². The number of piperazine rings is 1. The average molecular weight is 378 g/mol. The number of amides is 1. The first kappa shape index (κ1) is 19.7. The van der Waals surface area contributed by atoms with Crippen LogP contribution in [0.4, 0.5) is 0 Å². The summed E-state index contributed by atoms with van der Waals surface area (Å²) < 4.78 is 0. The Balaban J connectivity index is 0.00000196. The Morgan fingerprint density at radius 2 is 1.62 bits per heavy atom. The molecule has 0 aromatic heterocycles. The smallest absolute Gasteiger partial charge is 0.225 e. The largest absolute Gasteiger partial charge is 0.341 e. The van der Waals surface area contributed by atoms with Crippen molar-refractivity contribution in [3.63, 3.8) is 0 Å². The van der Waals surface area contributed by atoms with E-state index >= 15 is 0 Å². The van der Waals surface area contributed by atoms with Crippen molar-refractivity contribution in [1.82, 2.24) is 15.1 Å². The molecule has 4 rings (SSSR count). The zero-order chi connectivity index (χ0) is 17.1. The van der Waals surface area contributed by atoms with E-state index in [1.54, 1.807) is 0 Å². The van der Waals surface area contributed by atoms with E-state index in [1.807, 2.05) is 0 Å². The van der Waals surface area contributed by atoms with Gasteiger partial charge < -0.3 is 10.2 Å². The first-order chi connectivity index (χ1) is 12.3. The van der Waals surface area contributed by atoms with E-state index in [-0.39, 0.29) is 18.3 Å². The van der Waals surface area contributed by atoms with Crippen molar-refractivity contribution in [1.29, 1.82) is 0 Å². The van der Waals surface area contributed by atoms with Crippen LogP contribution in [0.1, 0.15) is 43.6 Å². The van der Waals surface area contributed by atoms with E-state index in [2.05, 4.69) is 45.4 Å². The molecule has 1 unspecified atom stereocenters. The predicted octanol–water partition coefficient (Wildman–Crippen LogP) is 2.89. The van der Waals surface area contributed by atoms with Crippen LogP contribution in [0.3, 0.4) is 0 Å².